The highest BCUT2D eigenvalue weighted by molar-refractivity contribution is 6.31. The molecule has 0 atom stereocenters. The lowest BCUT2D eigenvalue weighted by Crippen LogP contribution is -2.35. The van der Waals surface area contributed by atoms with Gasteiger partial charge in [0.05, 0.1) is 0 Å². The van der Waals surface area contributed by atoms with Crippen LogP contribution in [0.1, 0.15) is 28.5 Å². The molecule has 6 heteroatoms. The molecular weight excluding hydrogens is 350 g/mol. The smallest absolute Gasteiger partial charge is 0.254 e. The van der Waals surface area contributed by atoms with Gasteiger partial charge in [0, 0.05) is 64.9 Å². The number of nitrogens with one attached hydrogen (secondary N) is 2. The minimum absolute atomic E-state index is 0.0424. The summed E-state index contributed by atoms with van der Waals surface area (Å²) in [5, 5.41) is 4.47. The van der Waals surface area contributed by atoms with E-state index >= 15 is 0 Å². The number of aromatic nitrogens is 1. The summed E-state index contributed by atoms with van der Waals surface area (Å²) in [5.74, 6) is -0.202. The Hall–Kier alpha value is -2.79. The highest BCUT2D eigenvalue weighted by atomic mass is 35.5. The number of amides is 2. The predicted octanol–water partition coefficient (Wildman–Crippen LogP) is 3.98. The second-order valence-electron chi connectivity index (χ2n) is 6.51. The summed E-state index contributed by atoms with van der Waals surface area (Å²) in [5.41, 5.74) is 4.53. The molecule has 0 aliphatic carbocycles. The van der Waals surface area contributed by atoms with Crippen LogP contribution in [0.2, 0.25) is 5.02 Å². The van der Waals surface area contributed by atoms with Crippen LogP contribution in [-0.2, 0) is 17.8 Å². The summed E-state index contributed by atoms with van der Waals surface area (Å²) >= 11 is 6.14. The van der Waals surface area contributed by atoms with E-state index in [9.17, 15) is 9.59 Å². The monoisotopic (exact) mass is 367 g/mol. The maximum Gasteiger partial charge on any atom is 0.254 e. The molecule has 0 radical (unpaired) electrons. The molecule has 0 fully saturated rings. The largest absolute Gasteiger partial charge is 0.358 e. The van der Waals surface area contributed by atoms with E-state index in [0.717, 1.165) is 22.9 Å². The molecule has 26 heavy (non-hydrogen) atoms. The minimum Gasteiger partial charge on any atom is -0.358 e. The van der Waals surface area contributed by atoms with Gasteiger partial charge < -0.3 is 15.2 Å². The Morgan fingerprint density at radius 1 is 1.19 bits per heavy atom. The van der Waals surface area contributed by atoms with Crippen molar-refractivity contribution in [3.63, 3.8) is 0 Å². The van der Waals surface area contributed by atoms with Crippen molar-refractivity contribution in [1.82, 2.24) is 9.88 Å². The standard InChI is InChI=1S/C20H18ClN3O2/c1-12(25)22-15-4-2-3-13(9-15)20(26)24-8-7-19-17(11-24)16-10-14(21)5-6-18(16)23-19/h2-6,9-10,23H,7-8,11H2,1H3,(H,22,25). The van der Waals surface area contributed by atoms with Gasteiger partial charge in [-0.3, -0.25) is 9.59 Å². The van der Waals surface area contributed by atoms with Crippen LogP contribution in [0.4, 0.5) is 5.69 Å². The lowest BCUT2D eigenvalue weighted by molar-refractivity contribution is -0.114. The molecule has 0 unspecified atom stereocenters. The number of H-pyrrole nitrogens is 1. The van der Waals surface area contributed by atoms with Crippen molar-refractivity contribution in [2.45, 2.75) is 19.9 Å². The number of anilines is 1. The summed E-state index contributed by atoms with van der Waals surface area (Å²) in [6.45, 7) is 2.64. The van der Waals surface area contributed by atoms with Crippen LogP contribution in [0.5, 0.6) is 0 Å². The second kappa shape index (κ2) is 6.50. The van der Waals surface area contributed by atoms with E-state index in [2.05, 4.69) is 10.3 Å². The summed E-state index contributed by atoms with van der Waals surface area (Å²) in [6, 6.07) is 12.8. The van der Waals surface area contributed by atoms with Crippen LogP contribution < -0.4 is 5.32 Å². The number of carbonyl (C=O) groups excluding carboxylic acids is 2. The zero-order valence-electron chi connectivity index (χ0n) is 14.3. The van der Waals surface area contributed by atoms with Crippen LogP contribution in [0.25, 0.3) is 10.9 Å². The van der Waals surface area contributed by atoms with Crippen molar-refractivity contribution in [2.24, 2.45) is 0 Å². The summed E-state index contributed by atoms with van der Waals surface area (Å²) in [4.78, 5) is 29.5. The number of nitrogens with zero attached hydrogens (tertiary/aromatic N) is 1. The molecule has 1 aliphatic heterocycles. The molecule has 2 aromatic carbocycles. The fraction of sp³-hybridized carbons (Fsp3) is 0.200. The molecule has 4 rings (SSSR count). The van der Waals surface area contributed by atoms with E-state index in [0.29, 0.717) is 29.4 Å². The van der Waals surface area contributed by atoms with Crippen LogP contribution in [0, 0.1) is 0 Å². The molecule has 0 spiro atoms. The Bertz CT molecular complexity index is 1030. The average Bonchev–Trinajstić information content (AvgIpc) is 2.98. The molecule has 0 saturated carbocycles. The fourth-order valence-corrected chi connectivity index (χ4v) is 3.65. The van der Waals surface area contributed by atoms with Gasteiger partial charge in [0.1, 0.15) is 0 Å². The van der Waals surface area contributed by atoms with Crippen LogP contribution >= 0.6 is 11.6 Å². The first-order chi connectivity index (χ1) is 12.5. The number of fused-ring (bicyclic) bond motifs is 3. The number of halogens is 1. The van der Waals surface area contributed by atoms with Gasteiger partial charge in [-0.15, -0.1) is 0 Å². The Kier molecular flexibility index (Phi) is 4.17. The third-order valence-electron chi connectivity index (χ3n) is 4.65. The number of hydrogen-bond acceptors (Lipinski definition) is 2. The van der Waals surface area contributed by atoms with Crippen molar-refractivity contribution in [2.75, 3.05) is 11.9 Å². The first-order valence-corrected chi connectivity index (χ1v) is 8.85. The molecule has 1 aliphatic rings. The third kappa shape index (κ3) is 3.06. The zero-order chi connectivity index (χ0) is 18.3. The van der Waals surface area contributed by atoms with Crippen molar-refractivity contribution >= 4 is 40.0 Å². The Morgan fingerprint density at radius 2 is 2.04 bits per heavy atom. The molecule has 2 amide bonds. The number of carbonyl (C=O) groups is 2. The summed E-state index contributed by atoms with van der Waals surface area (Å²) in [7, 11) is 0. The average molecular weight is 368 g/mol. The van der Waals surface area contributed by atoms with E-state index in [1.165, 1.54) is 12.6 Å². The van der Waals surface area contributed by atoms with Crippen molar-refractivity contribution in [3.05, 3.63) is 64.3 Å². The van der Waals surface area contributed by atoms with Gasteiger partial charge in [0.15, 0.2) is 0 Å². The lowest BCUT2D eigenvalue weighted by Gasteiger charge is -2.27. The number of aromatic amines is 1. The topological polar surface area (TPSA) is 65.2 Å². The molecule has 3 aromatic rings. The van der Waals surface area contributed by atoms with Gasteiger partial charge in [-0.2, -0.15) is 0 Å². The van der Waals surface area contributed by atoms with Gasteiger partial charge in [-0.05, 0) is 36.4 Å². The van der Waals surface area contributed by atoms with Crippen LogP contribution in [0.15, 0.2) is 42.5 Å². The van der Waals surface area contributed by atoms with Gasteiger partial charge in [-0.1, -0.05) is 17.7 Å². The van der Waals surface area contributed by atoms with Crippen LogP contribution in [0.3, 0.4) is 0 Å². The van der Waals surface area contributed by atoms with E-state index in [1.807, 2.05) is 23.1 Å². The molecule has 0 bridgehead atoms. The molecule has 132 valence electrons. The molecule has 2 heterocycles. The Balaban J connectivity index is 1.62. The lowest BCUT2D eigenvalue weighted by atomic mass is 10.0. The maximum absolute atomic E-state index is 12.9. The highest BCUT2D eigenvalue weighted by Gasteiger charge is 2.25. The quantitative estimate of drug-likeness (QED) is 0.719. The molecule has 5 nitrogen and oxygen atoms in total. The van der Waals surface area contributed by atoms with Gasteiger partial charge in [0.2, 0.25) is 5.91 Å². The first-order valence-electron chi connectivity index (χ1n) is 8.47. The van der Waals surface area contributed by atoms with Crippen molar-refractivity contribution in [1.29, 1.82) is 0 Å². The second-order valence-corrected chi connectivity index (χ2v) is 6.95. The van der Waals surface area contributed by atoms with E-state index in [4.69, 9.17) is 11.6 Å². The van der Waals surface area contributed by atoms with Gasteiger partial charge in [-0.25, -0.2) is 0 Å². The molecular formula is C20H18ClN3O2. The highest BCUT2D eigenvalue weighted by Crippen LogP contribution is 2.30. The Morgan fingerprint density at radius 3 is 2.85 bits per heavy atom. The van der Waals surface area contributed by atoms with Crippen molar-refractivity contribution < 1.29 is 9.59 Å². The van der Waals surface area contributed by atoms with Crippen LogP contribution in [-0.4, -0.2) is 28.2 Å². The van der Waals surface area contributed by atoms with E-state index in [-0.39, 0.29) is 11.8 Å². The summed E-state index contributed by atoms with van der Waals surface area (Å²) in [6.07, 6.45) is 0.777. The van der Waals surface area contributed by atoms with E-state index in [1.54, 1.807) is 24.3 Å². The number of benzene rings is 2. The number of hydrogen-bond donors (Lipinski definition) is 2. The predicted molar refractivity (Wildman–Crippen MR) is 102 cm³/mol. The molecule has 0 saturated heterocycles. The van der Waals surface area contributed by atoms with Gasteiger partial charge >= 0.3 is 0 Å². The van der Waals surface area contributed by atoms with Crippen molar-refractivity contribution in [3.8, 4) is 0 Å². The fourth-order valence-electron chi connectivity index (χ4n) is 3.48. The molecule has 2 N–H and O–H groups in total. The molecule has 1 aromatic heterocycles. The minimum atomic E-state index is -0.159. The van der Waals surface area contributed by atoms with Gasteiger partial charge in [0.25, 0.3) is 5.91 Å². The zero-order valence-corrected chi connectivity index (χ0v) is 15.1. The normalized spacial score (nSPS) is 13.5. The van der Waals surface area contributed by atoms with E-state index < -0.39 is 0 Å². The summed E-state index contributed by atoms with van der Waals surface area (Å²) < 4.78 is 0. The Labute approximate surface area is 155 Å². The number of rotatable bonds is 2. The first kappa shape index (κ1) is 16.7. The third-order valence-corrected chi connectivity index (χ3v) is 4.89. The maximum atomic E-state index is 12.9. The SMILES string of the molecule is CC(=O)Nc1cccc(C(=O)N2CCc3[nH]c4ccc(Cl)cc4c3C2)c1.